The van der Waals surface area contributed by atoms with Gasteiger partial charge < -0.3 is 10.4 Å². The smallest absolute Gasteiger partial charge is 0.335 e. The van der Waals surface area contributed by atoms with Crippen LogP contribution in [0.4, 0.5) is 5.82 Å². The summed E-state index contributed by atoms with van der Waals surface area (Å²) in [5.41, 5.74) is 3.53. The lowest BCUT2D eigenvalue weighted by molar-refractivity contribution is 0.0697. The number of aromatic nitrogens is 2. The molecule has 2 heterocycles. The fraction of sp³-hybridized carbons (Fsp3) is 0.250. The highest BCUT2D eigenvalue weighted by atomic mass is 32.1. The van der Waals surface area contributed by atoms with Crippen LogP contribution in [0.1, 0.15) is 34.1 Å². The lowest BCUT2D eigenvalue weighted by Gasteiger charge is -2.13. The zero-order valence-electron chi connectivity index (χ0n) is 14.8. The maximum atomic E-state index is 10.9. The number of nitrogens with one attached hydrogen (secondary N) is 1. The highest BCUT2D eigenvalue weighted by molar-refractivity contribution is 7.13. The number of hydrogen-bond donors (Lipinski definition) is 2. The minimum atomic E-state index is -0.903. The normalized spacial score (nSPS) is 10.7. The number of hydrogen-bond acceptors (Lipinski definition) is 5. The van der Waals surface area contributed by atoms with Crippen molar-refractivity contribution in [3.8, 4) is 10.7 Å². The predicted octanol–water partition coefficient (Wildman–Crippen LogP) is 4.43. The zero-order chi connectivity index (χ0) is 18.5. The lowest BCUT2D eigenvalue weighted by atomic mass is 10.1. The number of carboxylic acids is 1. The van der Waals surface area contributed by atoms with Crippen molar-refractivity contribution in [3.63, 3.8) is 0 Å². The Bertz CT molecular complexity index is 890. The summed E-state index contributed by atoms with van der Waals surface area (Å²) in [6.45, 7) is 4.85. The maximum Gasteiger partial charge on any atom is 0.335 e. The minimum absolute atomic E-state index is 0.307. The SMILES string of the molecule is CCc1c(C)nc(-c2cccs2)nc1NCCc1ccc(C(=O)O)cc1. The molecule has 3 aromatic rings. The van der Waals surface area contributed by atoms with E-state index < -0.39 is 5.97 Å². The molecule has 6 heteroatoms. The summed E-state index contributed by atoms with van der Waals surface area (Å²) in [7, 11) is 0. The van der Waals surface area contributed by atoms with Crippen LogP contribution in [0.2, 0.25) is 0 Å². The molecule has 0 aliphatic heterocycles. The molecule has 0 spiro atoms. The summed E-state index contributed by atoms with van der Waals surface area (Å²) in [4.78, 5) is 21.3. The van der Waals surface area contributed by atoms with Gasteiger partial charge in [0.15, 0.2) is 5.82 Å². The minimum Gasteiger partial charge on any atom is -0.478 e. The number of thiophene rings is 1. The topological polar surface area (TPSA) is 75.1 Å². The molecule has 0 atom stereocenters. The summed E-state index contributed by atoms with van der Waals surface area (Å²) in [6.07, 6.45) is 1.66. The van der Waals surface area contributed by atoms with Crippen LogP contribution >= 0.6 is 11.3 Å². The van der Waals surface area contributed by atoms with Gasteiger partial charge in [-0.25, -0.2) is 14.8 Å². The van der Waals surface area contributed by atoms with Crippen molar-refractivity contribution in [2.45, 2.75) is 26.7 Å². The van der Waals surface area contributed by atoms with Crippen LogP contribution in [-0.2, 0) is 12.8 Å². The second-order valence-electron chi connectivity index (χ2n) is 5.97. The quantitative estimate of drug-likeness (QED) is 0.646. The second-order valence-corrected chi connectivity index (χ2v) is 6.92. The van der Waals surface area contributed by atoms with E-state index >= 15 is 0 Å². The molecular formula is C20H21N3O2S. The van der Waals surface area contributed by atoms with Gasteiger partial charge in [-0.2, -0.15) is 0 Å². The Labute approximate surface area is 156 Å². The molecule has 1 aromatic carbocycles. The number of carboxylic acid groups (broad SMARTS) is 1. The predicted molar refractivity (Wildman–Crippen MR) is 105 cm³/mol. The van der Waals surface area contributed by atoms with E-state index in [2.05, 4.69) is 17.2 Å². The summed E-state index contributed by atoms with van der Waals surface area (Å²) in [6, 6.07) is 11.0. The maximum absolute atomic E-state index is 10.9. The molecule has 0 saturated carbocycles. The van der Waals surface area contributed by atoms with E-state index in [1.165, 1.54) is 0 Å². The fourth-order valence-corrected chi connectivity index (χ4v) is 3.48. The van der Waals surface area contributed by atoms with E-state index in [1.54, 1.807) is 23.5 Å². The Hall–Kier alpha value is -2.73. The Balaban J connectivity index is 1.73. The van der Waals surface area contributed by atoms with Gasteiger partial charge in [0.1, 0.15) is 5.82 Å². The van der Waals surface area contributed by atoms with Crippen molar-refractivity contribution < 1.29 is 9.90 Å². The van der Waals surface area contributed by atoms with E-state index in [-0.39, 0.29) is 0 Å². The molecule has 0 saturated heterocycles. The van der Waals surface area contributed by atoms with Crippen molar-refractivity contribution in [1.29, 1.82) is 0 Å². The third-order valence-corrected chi connectivity index (χ3v) is 5.08. The number of carbonyl (C=O) groups is 1. The molecule has 0 radical (unpaired) electrons. The number of aromatic carboxylic acids is 1. The Morgan fingerprint density at radius 3 is 2.58 bits per heavy atom. The first kappa shape index (κ1) is 18.1. The van der Waals surface area contributed by atoms with E-state index in [0.29, 0.717) is 5.56 Å². The van der Waals surface area contributed by atoms with E-state index in [4.69, 9.17) is 10.1 Å². The molecule has 2 N–H and O–H groups in total. The molecule has 2 aromatic heterocycles. The van der Waals surface area contributed by atoms with Crippen molar-refractivity contribution in [2.24, 2.45) is 0 Å². The van der Waals surface area contributed by atoms with Gasteiger partial charge in [0.2, 0.25) is 0 Å². The highest BCUT2D eigenvalue weighted by Gasteiger charge is 2.12. The number of aryl methyl sites for hydroxylation is 1. The Kier molecular flexibility index (Phi) is 5.63. The molecule has 134 valence electrons. The van der Waals surface area contributed by atoms with E-state index in [1.807, 2.05) is 36.6 Å². The monoisotopic (exact) mass is 367 g/mol. The molecule has 5 nitrogen and oxygen atoms in total. The van der Waals surface area contributed by atoms with Gasteiger partial charge in [-0.1, -0.05) is 25.1 Å². The Morgan fingerprint density at radius 1 is 1.19 bits per heavy atom. The molecule has 0 fully saturated rings. The summed E-state index contributed by atoms with van der Waals surface area (Å²) >= 11 is 1.63. The molecule has 26 heavy (non-hydrogen) atoms. The molecule has 0 aliphatic carbocycles. The molecule has 0 bridgehead atoms. The van der Waals surface area contributed by atoms with Gasteiger partial charge in [0.25, 0.3) is 0 Å². The fourth-order valence-electron chi connectivity index (χ4n) is 2.82. The molecule has 3 rings (SSSR count). The first-order chi connectivity index (χ1) is 12.6. The van der Waals surface area contributed by atoms with Gasteiger partial charge in [0, 0.05) is 17.8 Å². The first-order valence-electron chi connectivity index (χ1n) is 8.56. The lowest BCUT2D eigenvalue weighted by Crippen LogP contribution is -2.11. The van der Waals surface area contributed by atoms with Gasteiger partial charge in [-0.05, 0) is 48.9 Å². The highest BCUT2D eigenvalue weighted by Crippen LogP contribution is 2.25. The van der Waals surface area contributed by atoms with Crippen molar-refractivity contribution >= 4 is 23.1 Å². The van der Waals surface area contributed by atoms with Crippen LogP contribution in [0.3, 0.4) is 0 Å². The van der Waals surface area contributed by atoms with Crippen LogP contribution in [0, 0.1) is 6.92 Å². The molecule has 0 amide bonds. The van der Waals surface area contributed by atoms with Crippen molar-refractivity contribution in [2.75, 3.05) is 11.9 Å². The van der Waals surface area contributed by atoms with Crippen LogP contribution in [-0.4, -0.2) is 27.6 Å². The van der Waals surface area contributed by atoms with Gasteiger partial charge in [-0.3, -0.25) is 0 Å². The van der Waals surface area contributed by atoms with Crippen molar-refractivity contribution in [3.05, 3.63) is 64.2 Å². The van der Waals surface area contributed by atoms with Crippen LogP contribution in [0.25, 0.3) is 10.7 Å². The molecular weight excluding hydrogens is 346 g/mol. The van der Waals surface area contributed by atoms with Crippen LogP contribution in [0.15, 0.2) is 41.8 Å². The van der Waals surface area contributed by atoms with Crippen LogP contribution in [0.5, 0.6) is 0 Å². The number of benzene rings is 1. The van der Waals surface area contributed by atoms with E-state index in [9.17, 15) is 4.79 Å². The number of rotatable bonds is 7. The van der Waals surface area contributed by atoms with Gasteiger partial charge >= 0.3 is 5.97 Å². The summed E-state index contributed by atoms with van der Waals surface area (Å²) in [5, 5.41) is 14.4. The Morgan fingerprint density at radius 2 is 1.96 bits per heavy atom. The zero-order valence-corrected chi connectivity index (χ0v) is 15.6. The second kappa shape index (κ2) is 8.10. The molecule has 0 unspecified atom stereocenters. The van der Waals surface area contributed by atoms with Crippen molar-refractivity contribution in [1.82, 2.24) is 9.97 Å². The third kappa shape index (κ3) is 4.08. The summed E-state index contributed by atoms with van der Waals surface area (Å²) in [5.74, 6) is 0.730. The molecule has 0 aliphatic rings. The van der Waals surface area contributed by atoms with Crippen LogP contribution < -0.4 is 5.32 Å². The van der Waals surface area contributed by atoms with Gasteiger partial charge in [0.05, 0.1) is 10.4 Å². The average Bonchev–Trinajstić information content (AvgIpc) is 3.16. The number of anilines is 1. The first-order valence-corrected chi connectivity index (χ1v) is 9.44. The standard InChI is InChI=1S/C20H21N3O2S/c1-3-16-13(2)22-19(17-5-4-12-26-17)23-18(16)21-11-10-14-6-8-15(9-7-14)20(24)25/h4-9,12H,3,10-11H2,1-2H3,(H,24,25)(H,21,22,23). The van der Waals surface area contributed by atoms with Gasteiger partial charge in [-0.15, -0.1) is 11.3 Å². The number of nitrogens with zero attached hydrogens (tertiary/aromatic N) is 2. The largest absolute Gasteiger partial charge is 0.478 e. The summed E-state index contributed by atoms with van der Waals surface area (Å²) < 4.78 is 0. The average molecular weight is 367 g/mol. The van der Waals surface area contributed by atoms with E-state index in [0.717, 1.165) is 52.7 Å². The third-order valence-electron chi connectivity index (χ3n) is 4.22.